The highest BCUT2D eigenvalue weighted by Gasteiger charge is 2.16. The van der Waals surface area contributed by atoms with Crippen LogP contribution in [0.2, 0.25) is 10.0 Å². The normalized spacial score (nSPS) is 18.5. The van der Waals surface area contributed by atoms with Crippen molar-refractivity contribution in [1.82, 2.24) is 10.2 Å². The van der Waals surface area contributed by atoms with Gasteiger partial charge in [-0.3, -0.25) is 4.79 Å². The van der Waals surface area contributed by atoms with Crippen molar-refractivity contribution in [3.63, 3.8) is 0 Å². The average molecular weight is 329 g/mol. The van der Waals surface area contributed by atoms with Crippen LogP contribution in [-0.2, 0) is 11.3 Å². The Hall–Kier alpha value is -0.770. The van der Waals surface area contributed by atoms with Crippen LogP contribution in [-0.4, -0.2) is 30.4 Å². The van der Waals surface area contributed by atoms with E-state index in [-0.39, 0.29) is 5.91 Å². The maximum Gasteiger partial charge on any atom is 0.222 e. The van der Waals surface area contributed by atoms with Gasteiger partial charge in [-0.25, -0.2) is 0 Å². The minimum absolute atomic E-state index is 0.165. The summed E-state index contributed by atoms with van der Waals surface area (Å²) >= 11 is 12.0. The molecule has 1 aliphatic rings. The third kappa shape index (κ3) is 5.50. The van der Waals surface area contributed by atoms with Crippen molar-refractivity contribution < 1.29 is 4.79 Å². The number of nitrogens with one attached hydrogen (secondary N) is 1. The van der Waals surface area contributed by atoms with Gasteiger partial charge in [0.05, 0.1) is 0 Å². The lowest BCUT2D eigenvalue weighted by atomic mass is 10.0. The average Bonchev–Trinajstić information content (AvgIpc) is 2.44. The van der Waals surface area contributed by atoms with Crippen LogP contribution in [0, 0.1) is 0 Å². The zero-order valence-electron chi connectivity index (χ0n) is 12.4. The van der Waals surface area contributed by atoms with E-state index < -0.39 is 0 Å². The molecule has 0 radical (unpaired) electrons. The zero-order chi connectivity index (χ0) is 15.2. The molecule has 1 aromatic carbocycles. The van der Waals surface area contributed by atoms with Crippen molar-refractivity contribution in [2.75, 3.05) is 13.6 Å². The van der Waals surface area contributed by atoms with E-state index >= 15 is 0 Å². The zero-order valence-corrected chi connectivity index (χ0v) is 13.9. The standard InChI is InChI=1S/C16H22Cl2N2O/c1-20(11-12-8-13(17)10-14(18)9-12)16(21)6-5-15-4-2-3-7-19-15/h8-10,15,19H,2-7,11H2,1H3. The fourth-order valence-electron chi connectivity index (χ4n) is 2.72. The summed E-state index contributed by atoms with van der Waals surface area (Å²) in [4.78, 5) is 13.9. The van der Waals surface area contributed by atoms with Crippen LogP contribution in [0.4, 0.5) is 0 Å². The SMILES string of the molecule is CN(Cc1cc(Cl)cc(Cl)c1)C(=O)CCC1CCCCN1. The first-order valence-corrected chi connectivity index (χ1v) is 8.22. The molecular weight excluding hydrogens is 307 g/mol. The number of rotatable bonds is 5. The van der Waals surface area contributed by atoms with Gasteiger partial charge in [0.1, 0.15) is 0 Å². The van der Waals surface area contributed by atoms with Gasteiger partial charge in [0, 0.05) is 36.1 Å². The molecule has 1 unspecified atom stereocenters. The predicted octanol–water partition coefficient (Wildman–Crippen LogP) is 3.87. The first-order valence-electron chi connectivity index (χ1n) is 7.47. The van der Waals surface area contributed by atoms with Gasteiger partial charge in [0.25, 0.3) is 0 Å². The van der Waals surface area contributed by atoms with Gasteiger partial charge in [-0.1, -0.05) is 29.6 Å². The maximum absolute atomic E-state index is 12.2. The molecule has 0 saturated carbocycles. The van der Waals surface area contributed by atoms with Crippen molar-refractivity contribution in [3.05, 3.63) is 33.8 Å². The second-order valence-corrected chi connectivity index (χ2v) is 6.59. The van der Waals surface area contributed by atoms with Crippen molar-refractivity contribution in [2.45, 2.75) is 44.7 Å². The van der Waals surface area contributed by atoms with E-state index in [2.05, 4.69) is 5.32 Å². The van der Waals surface area contributed by atoms with Gasteiger partial charge in [0.15, 0.2) is 0 Å². The molecule has 1 atom stereocenters. The first-order chi connectivity index (χ1) is 10.0. The third-order valence-corrected chi connectivity index (χ3v) is 4.32. The summed E-state index contributed by atoms with van der Waals surface area (Å²) in [5.74, 6) is 0.165. The molecule has 5 heteroatoms. The number of carbonyl (C=O) groups excluding carboxylic acids is 1. The molecule has 0 spiro atoms. The van der Waals surface area contributed by atoms with Crippen LogP contribution in [0.25, 0.3) is 0 Å². The van der Waals surface area contributed by atoms with E-state index in [0.717, 1.165) is 18.5 Å². The molecule has 1 heterocycles. The smallest absolute Gasteiger partial charge is 0.222 e. The molecule has 1 N–H and O–H groups in total. The minimum atomic E-state index is 0.165. The van der Waals surface area contributed by atoms with Crippen molar-refractivity contribution in [2.24, 2.45) is 0 Å². The number of halogens is 2. The predicted molar refractivity (Wildman–Crippen MR) is 87.8 cm³/mol. The second kappa shape index (κ2) is 8.02. The fourth-order valence-corrected chi connectivity index (χ4v) is 3.29. The Balaban J connectivity index is 1.81. The molecular formula is C16H22Cl2N2O. The molecule has 1 saturated heterocycles. The largest absolute Gasteiger partial charge is 0.341 e. The Morgan fingerprint density at radius 2 is 2.00 bits per heavy atom. The minimum Gasteiger partial charge on any atom is -0.341 e. The summed E-state index contributed by atoms with van der Waals surface area (Å²) < 4.78 is 0. The third-order valence-electron chi connectivity index (χ3n) is 3.89. The molecule has 1 amide bonds. The molecule has 0 aromatic heterocycles. The molecule has 0 aliphatic carbocycles. The second-order valence-electron chi connectivity index (χ2n) is 5.71. The van der Waals surface area contributed by atoms with E-state index in [1.807, 2.05) is 19.2 Å². The Morgan fingerprint density at radius 1 is 1.29 bits per heavy atom. The van der Waals surface area contributed by atoms with E-state index in [9.17, 15) is 4.79 Å². The fraction of sp³-hybridized carbons (Fsp3) is 0.562. The van der Waals surface area contributed by atoms with Crippen LogP contribution < -0.4 is 5.32 Å². The molecule has 3 nitrogen and oxygen atoms in total. The number of nitrogens with zero attached hydrogens (tertiary/aromatic N) is 1. The summed E-state index contributed by atoms with van der Waals surface area (Å²) in [6.45, 7) is 1.62. The van der Waals surface area contributed by atoms with Gasteiger partial charge >= 0.3 is 0 Å². The van der Waals surface area contributed by atoms with Crippen molar-refractivity contribution in [1.29, 1.82) is 0 Å². The van der Waals surface area contributed by atoms with Crippen molar-refractivity contribution >= 4 is 29.1 Å². The molecule has 0 bridgehead atoms. The Morgan fingerprint density at radius 3 is 2.62 bits per heavy atom. The molecule has 1 fully saturated rings. The Kier molecular flexibility index (Phi) is 6.34. The van der Waals surface area contributed by atoms with Crippen LogP contribution >= 0.6 is 23.2 Å². The summed E-state index contributed by atoms with van der Waals surface area (Å²) in [6.07, 6.45) is 5.20. The lowest BCUT2D eigenvalue weighted by Crippen LogP contribution is -2.35. The van der Waals surface area contributed by atoms with Gasteiger partial charge < -0.3 is 10.2 Å². The van der Waals surface area contributed by atoms with Crippen molar-refractivity contribution in [3.8, 4) is 0 Å². The molecule has 116 valence electrons. The van der Waals surface area contributed by atoms with Gasteiger partial charge in [-0.05, 0) is 49.6 Å². The quantitative estimate of drug-likeness (QED) is 0.889. The van der Waals surface area contributed by atoms with Gasteiger partial charge in [0.2, 0.25) is 5.91 Å². The van der Waals surface area contributed by atoms with Crippen LogP contribution in [0.15, 0.2) is 18.2 Å². The molecule has 1 aromatic rings. The van der Waals surface area contributed by atoms with E-state index in [4.69, 9.17) is 23.2 Å². The Bertz CT molecular complexity index is 467. The highest BCUT2D eigenvalue weighted by atomic mass is 35.5. The molecule has 21 heavy (non-hydrogen) atoms. The summed E-state index contributed by atoms with van der Waals surface area (Å²) in [7, 11) is 1.82. The topological polar surface area (TPSA) is 32.3 Å². The first kappa shape index (κ1) is 16.6. The highest BCUT2D eigenvalue weighted by Crippen LogP contribution is 2.20. The number of piperidine rings is 1. The van der Waals surface area contributed by atoms with Crippen LogP contribution in [0.3, 0.4) is 0 Å². The Labute approximate surface area is 136 Å². The summed E-state index contributed by atoms with van der Waals surface area (Å²) in [6, 6.07) is 5.89. The number of carbonyl (C=O) groups is 1. The van der Waals surface area contributed by atoms with E-state index in [1.54, 1.807) is 11.0 Å². The lowest BCUT2D eigenvalue weighted by Gasteiger charge is -2.24. The van der Waals surface area contributed by atoms with Gasteiger partial charge in [-0.2, -0.15) is 0 Å². The van der Waals surface area contributed by atoms with E-state index in [1.165, 1.54) is 19.3 Å². The number of benzene rings is 1. The summed E-state index contributed by atoms with van der Waals surface area (Å²) in [5, 5.41) is 4.68. The number of hydrogen-bond donors (Lipinski definition) is 1. The molecule has 2 rings (SSSR count). The number of hydrogen-bond acceptors (Lipinski definition) is 2. The monoisotopic (exact) mass is 328 g/mol. The molecule has 1 aliphatic heterocycles. The lowest BCUT2D eigenvalue weighted by molar-refractivity contribution is -0.130. The maximum atomic E-state index is 12.2. The van der Waals surface area contributed by atoms with Crippen LogP contribution in [0.5, 0.6) is 0 Å². The number of amides is 1. The summed E-state index contributed by atoms with van der Waals surface area (Å²) in [5.41, 5.74) is 0.958. The van der Waals surface area contributed by atoms with E-state index in [0.29, 0.717) is 29.1 Å². The highest BCUT2D eigenvalue weighted by molar-refractivity contribution is 6.34. The van der Waals surface area contributed by atoms with Crippen LogP contribution in [0.1, 0.15) is 37.7 Å². The van der Waals surface area contributed by atoms with Gasteiger partial charge in [-0.15, -0.1) is 0 Å².